The molecule has 2 aromatic carbocycles. The largest absolute Gasteiger partial charge is 1.00 e. The van der Waals surface area contributed by atoms with Gasteiger partial charge in [0.2, 0.25) is 0 Å². The van der Waals surface area contributed by atoms with Gasteiger partial charge in [-0.2, -0.15) is 5.10 Å². The van der Waals surface area contributed by atoms with Crippen molar-refractivity contribution in [1.29, 1.82) is 0 Å². The maximum absolute atomic E-state index is 14.5. The summed E-state index contributed by atoms with van der Waals surface area (Å²) in [6, 6.07) is 8.30. The predicted molar refractivity (Wildman–Crippen MR) is 139 cm³/mol. The smallest absolute Gasteiger partial charge is 0.550 e. The molecule has 41 heavy (non-hydrogen) atoms. The molecule has 1 heterocycles. The van der Waals surface area contributed by atoms with E-state index in [-0.39, 0.29) is 78.1 Å². The Morgan fingerprint density at radius 1 is 1.02 bits per heavy atom. The first-order valence-corrected chi connectivity index (χ1v) is 12.9. The number of aryl methyl sites for hydroxylation is 1. The van der Waals surface area contributed by atoms with Crippen LogP contribution < -0.4 is 34.7 Å². The summed E-state index contributed by atoms with van der Waals surface area (Å²) in [7, 11) is 1.45. The third kappa shape index (κ3) is 8.65. The van der Waals surface area contributed by atoms with Crippen LogP contribution in [0.1, 0.15) is 71.9 Å². The third-order valence-corrected chi connectivity index (χ3v) is 6.64. The zero-order valence-corrected chi connectivity index (χ0v) is 25.8. The van der Waals surface area contributed by atoms with Crippen molar-refractivity contribution in [2.45, 2.75) is 71.1 Å². The van der Waals surface area contributed by atoms with Crippen LogP contribution in [0.2, 0.25) is 0 Å². The number of hydrogen-bond acceptors (Lipinski definition) is 6. The fraction of sp³-hybridized carbons (Fsp3) is 0.414. The maximum atomic E-state index is 14.5. The fourth-order valence-corrected chi connectivity index (χ4v) is 4.59. The first-order chi connectivity index (χ1) is 18.8. The van der Waals surface area contributed by atoms with E-state index >= 15 is 0 Å². The molecule has 216 valence electrons. The summed E-state index contributed by atoms with van der Waals surface area (Å²) in [5.41, 5.74) is 1.78. The minimum Gasteiger partial charge on any atom is -0.550 e. The van der Waals surface area contributed by atoms with Gasteiger partial charge in [0.25, 0.3) is 5.91 Å². The van der Waals surface area contributed by atoms with Crippen molar-refractivity contribution in [3.8, 4) is 5.69 Å². The maximum Gasteiger partial charge on any atom is 1.00 e. The number of amides is 1. The number of carbonyl (C=O) groups excluding carboxylic acids is 2. The van der Waals surface area contributed by atoms with Gasteiger partial charge in [-0.05, 0) is 61.9 Å². The topological polar surface area (TPSA) is 119 Å². The molecule has 12 heteroatoms. The van der Waals surface area contributed by atoms with Gasteiger partial charge in [0.1, 0.15) is 5.82 Å². The monoisotopic (exact) mass is 583 g/mol. The van der Waals surface area contributed by atoms with Crippen LogP contribution in [0.25, 0.3) is 5.69 Å². The van der Waals surface area contributed by atoms with Gasteiger partial charge in [-0.25, -0.2) is 17.9 Å². The molecule has 1 amide bonds. The average molecular weight is 584 g/mol. The number of benzene rings is 2. The minimum absolute atomic E-state index is 0. The van der Waals surface area contributed by atoms with E-state index < -0.39 is 48.0 Å². The van der Waals surface area contributed by atoms with E-state index in [2.05, 4.69) is 5.10 Å². The second-order valence-electron chi connectivity index (χ2n) is 10.2. The molecule has 0 aliphatic heterocycles. The Bertz CT molecular complexity index is 1360. The summed E-state index contributed by atoms with van der Waals surface area (Å²) < 4.78 is 43.8. The minimum atomic E-state index is -1.43. The number of nitrogens with zero attached hydrogens (tertiary/aromatic N) is 3. The molecule has 1 aromatic heterocycles. The van der Waals surface area contributed by atoms with Crippen LogP contribution >= 0.6 is 0 Å². The van der Waals surface area contributed by atoms with Gasteiger partial charge >= 0.3 is 29.6 Å². The number of halogens is 3. The molecule has 0 bridgehead atoms. The first kappa shape index (κ1) is 34.5. The Balaban J connectivity index is 0.00000588. The van der Waals surface area contributed by atoms with Crippen molar-refractivity contribution in [3.05, 3.63) is 81.9 Å². The first-order valence-electron chi connectivity index (χ1n) is 12.9. The van der Waals surface area contributed by atoms with E-state index in [0.717, 1.165) is 0 Å². The summed E-state index contributed by atoms with van der Waals surface area (Å²) >= 11 is 0. The van der Waals surface area contributed by atoms with Crippen LogP contribution in [0.5, 0.6) is 0 Å². The molecule has 0 aliphatic rings. The zero-order valence-electron chi connectivity index (χ0n) is 23.8. The molecule has 0 spiro atoms. The van der Waals surface area contributed by atoms with Gasteiger partial charge in [-0.3, -0.25) is 4.79 Å². The number of aromatic nitrogens is 2. The average Bonchev–Trinajstić information content (AvgIpc) is 3.27. The van der Waals surface area contributed by atoms with Crippen LogP contribution in [-0.2, 0) is 17.8 Å². The Hall–Kier alpha value is -2.70. The van der Waals surface area contributed by atoms with Gasteiger partial charge in [0.05, 0.1) is 17.9 Å². The van der Waals surface area contributed by atoms with Crippen LogP contribution in [-0.4, -0.2) is 56.0 Å². The number of hydrogen-bond donors (Lipinski definition) is 2. The van der Waals surface area contributed by atoms with Crippen LogP contribution in [0, 0.1) is 24.4 Å². The molecule has 2 N–H and O–H groups in total. The SMILES string of the molecule is Cc1ccc(CN(C)C(=O)c2nn(-c3ccc(F)cc3)c(CCC(O)CC(O)CC(=O)[O-])c2C(C)C)c(F)c1F.[Na+]. The van der Waals surface area contributed by atoms with Crippen molar-refractivity contribution >= 4 is 11.9 Å². The predicted octanol–water partition coefficient (Wildman–Crippen LogP) is 0.182. The molecule has 0 saturated heterocycles. The summed E-state index contributed by atoms with van der Waals surface area (Å²) in [5, 5.41) is 35.6. The number of carboxylic acid groups (broad SMARTS) is 1. The number of carbonyl (C=O) groups is 2. The van der Waals surface area contributed by atoms with E-state index in [1.807, 2.05) is 13.8 Å². The normalized spacial score (nSPS) is 12.6. The van der Waals surface area contributed by atoms with Crippen molar-refractivity contribution < 1.29 is 67.6 Å². The van der Waals surface area contributed by atoms with E-state index in [1.165, 1.54) is 60.0 Å². The molecule has 3 aromatic rings. The van der Waals surface area contributed by atoms with Crippen molar-refractivity contribution in [2.24, 2.45) is 0 Å². The Kier molecular flexibility index (Phi) is 12.6. The van der Waals surface area contributed by atoms with Gasteiger partial charge in [-0.1, -0.05) is 26.0 Å². The summed E-state index contributed by atoms with van der Waals surface area (Å²) in [5.74, 6) is -4.69. The number of aliphatic carboxylic acids is 1. The Labute approximate surface area is 259 Å². The quantitative estimate of drug-likeness (QED) is 0.294. The molecular formula is C29H33F3N3NaO5. The Morgan fingerprint density at radius 2 is 1.66 bits per heavy atom. The molecule has 3 rings (SSSR count). The molecular weight excluding hydrogens is 550 g/mol. The molecule has 0 saturated carbocycles. The van der Waals surface area contributed by atoms with Crippen LogP contribution in [0.4, 0.5) is 13.2 Å². The standard InChI is InChI=1S/C29H34F3N3O5.Na/c1-16(2)25-23(12-11-21(36)13-22(37)14-24(38)39)35(20-9-7-19(30)8-10-20)33-28(25)29(40)34(4)15-18-6-5-17(3)26(31)27(18)32;/h5-10,16,21-22,36-37H,11-15H2,1-4H3,(H,38,39);/q;+1/p-1. The number of carboxylic acids is 1. The fourth-order valence-electron chi connectivity index (χ4n) is 4.59. The van der Waals surface area contributed by atoms with Crippen LogP contribution in [0.3, 0.4) is 0 Å². The summed E-state index contributed by atoms with van der Waals surface area (Å²) in [4.78, 5) is 25.6. The van der Waals surface area contributed by atoms with Crippen molar-refractivity contribution in [2.75, 3.05) is 7.05 Å². The van der Waals surface area contributed by atoms with E-state index in [4.69, 9.17) is 0 Å². The van der Waals surface area contributed by atoms with Crippen molar-refractivity contribution in [3.63, 3.8) is 0 Å². The molecule has 2 atom stereocenters. The second-order valence-corrected chi connectivity index (χ2v) is 10.2. The molecule has 0 radical (unpaired) electrons. The van der Waals surface area contributed by atoms with Crippen LogP contribution in [0.15, 0.2) is 36.4 Å². The molecule has 0 fully saturated rings. The van der Waals surface area contributed by atoms with Gasteiger partial charge in [0.15, 0.2) is 17.3 Å². The van der Waals surface area contributed by atoms with E-state index in [1.54, 1.807) is 0 Å². The summed E-state index contributed by atoms with van der Waals surface area (Å²) in [6.07, 6.45) is -2.86. The van der Waals surface area contributed by atoms with Gasteiger partial charge < -0.3 is 25.0 Å². The van der Waals surface area contributed by atoms with Gasteiger partial charge in [0, 0.05) is 42.8 Å². The third-order valence-electron chi connectivity index (χ3n) is 6.64. The molecule has 2 unspecified atom stereocenters. The number of aliphatic hydroxyl groups is 2. The molecule has 0 aliphatic carbocycles. The van der Waals surface area contributed by atoms with E-state index in [0.29, 0.717) is 16.9 Å². The number of rotatable bonds is 12. The molecule has 8 nitrogen and oxygen atoms in total. The Morgan fingerprint density at radius 3 is 2.24 bits per heavy atom. The second kappa shape index (κ2) is 15.0. The number of aliphatic hydroxyl groups excluding tert-OH is 2. The summed E-state index contributed by atoms with van der Waals surface area (Å²) in [6.45, 7) is 4.92. The van der Waals surface area contributed by atoms with Crippen molar-refractivity contribution in [1.82, 2.24) is 14.7 Å². The van der Waals surface area contributed by atoms with E-state index in [9.17, 15) is 38.1 Å². The van der Waals surface area contributed by atoms with Gasteiger partial charge in [-0.15, -0.1) is 0 Å². The zero-order chi connectivity index (χ0) is 29.7.